The van der Waals surface area contributed by atoms with Crippen LogP contribution in [0.1, 0.15) is 0 Å². The largest absolute Gasteiger partial charge is 0.310 e. The Labute approximate surface area is 305 Å². The molecule has 0 spiro atoms. The van der Waals surface area contributed by atoms with Crippen molar-refractivity contribution in [2.24, 2.45) is 0 Å². The summed E-state index contributed by atoms with van der Waals surface area (Å²) >= 11 is 1.85. The van der Waals surface area contributed by atoms with Gasteiger partial charge in [-0.15, -0.1) is 11.3 Å². The van der Waals surface area contributed by atoms with Crippen LogP contribution in [-0.2, 0) is 0 Å². The van der Waals surface area contributed by atoms with Crippen LogP contribution in [0.15, 0.2) is 224 Å². The third-order valence-electron chi connectivity index (χ3n) is 9.60. The van der Waals surface area contributed by atoms with Crippen LogP contribution in [0.5, 0.6) is 0 Å². The summed E-state index contributed by atoms with van der Waals surface area (Å²) in [6.45, 7) is 4.33. The SMILES string of the molecule is C=C/C(=C\C=C\[Si](c1ccccc1)(c1ccccc1)c1ccccc1)N(c1ccccc1)c1ccc2c(c1)sc1cc(-c3ccccc3)ccc12. The van der Waals surface area contributed by atoms with Gasteiger partial charge in [0, 0.05) is 37.2 Å². The molecule has 0 N–H and O–H groups in total. The van der Waals surface area contributed by atoms with Crippen LogP contribution in [0, 0.1) is 0 Å². The minimum absolute atomic E-state index is 1.00. The van der Waals surface area contributed by atoms with E-state index in [-0.39, 0.29) is 0 Å². The maximum Gasteiger partial charge on any atom is 0.172 e. The van der Waals surface area contributed by atoms with Crippen LogP contribution in [0.4, 0.5) is 11.4 Å². The molecule has 0 fully saturated rings. The summed E-state index contributed by atoms with van der Waals surface area (Å²) < 4.78 is 2.55. The number of allylic oxidation sites excluding steroid dienone is 3. The molecule has 0 saturated carbocycles. The van der Waals surface area contributed by atoms with Crippen molar-refractivity contribution >= 4 is 66.5 Å². The van der Waals surface area contributed by atoms with Gasteiger partial charge in [0.1, 0.15) is 0 Å². The number of thiophene rings is 1. The molecule has 0 aliphatic rings. The second-order valence-electron chi connectivity index (χ2n) is 12.6. The topological polar surface area (TPSA) is 3.24 Å². The van der Waals surface area contributed by atoms with Gasteiger partial charge in [0.2, 0.25) is 0 Å². The Bertz CT molecular complexity index is 2370. The van der Waals surface area contributed by atoms with Crippen LogP contribution < -0.4 is 20.5 Å². The Balaban J connectivity index is 1.25. The van der Waals surface area contributed by atoms with E-state index in [9.17, 15) is 0 Å². The van der Waals surface area contributed by atoms with Crippen molar-refractivity contribution in [1.82, 2.24) is 0 Å². The molecular weight excluding hydrogens is 651 g/mol. The lowest BCUT2D eigenvalue weighted by Crippen LogP contribution is -2.66. The Morgan fingerprint density at radius 3 is 1.53 bits per heavy atom. The molecule has 8 rings (SSSR count). The number of hydrogen-bond donors (Lipinski definition) is 0. The van der Waals surface area contributed by atoms with Crippen molar-refractivity contribution in [3.05, 3.63) is 224 Å². The average Bonchev–Trinajstić information content (AvgIpc) is 3.58. The molecule has 0 radical (unpaired) electrons. The maximum absolute atomic E-state index is 4.33. The lowest BCUT2D eigenvalue weighted by atomic mass is 10.0. The lowest BCUT2D eigenvalue weighted by molar-refractivity contribution is 1.22. The molecule has 8 aromatic rings. The molecule has 0 unspecified atom stereocenters. The average molecular weight is 688 g/mol. The highest BCUT2D eigenvalue weighted by atomic mass is 32.1. The van der Waals surface area contributed by atoms with E-state index in [1.54, 1.807) is 0 Å². The molecule has 1 nitrogen and oxygen atoms in total. The van der Waals surface area contributed by atoms with Crippen LogP contribution in [0.25, 0.3) is 31.3 Å². The Hall–Kier alpha value is -6.00. The predicted octanol–water partition coefficient (Wildman–Crippen LogP) is 11.2. The van der Waals surface area contributed by atoms with Gasteiger partial charge in [-0.25, -0.2) is 0 Å². The lowest BCUT2D eigenvalue weighted by Gasteiger charge is -2.31. The van der Waals surface area contributed by atoms with Gasteiger partial charge in [0.05, 0.1) is 0 Å². The van der Waals surface area contributed by atoms with E-state index in [1.807, 2.05) is 17.4 Å². The predicted molar refractivity (Wildman–Crippen MR) is 225 cm³/mol. The quantitative estimate of drug-likeness (QED) is 0.0786. The summed E-state index contributed by atoms with van der Waals surface area (Å²) in [5.41, 5.74) is 8.13. The van der Waals surface area contributed by atoms with E-state index < -0.39 is 8.07 Å². The zero-order valence-corrected chi connectivity index (χ0v) is 30.1. The Morgan fingerprint density at radius 2 is 0.980 bits per heavy atom. The Morgan fingerprint density at radius 1 is 0.490 bits per heavy atom. The fraction of sp³-hybridized carbons (Fsp3) is 0. The summed E-state index contributed by atoms with van der Waals surface area (Å²) in [7, 11) is -2.56. The smallest absolute Gasteiger partial charge is 0.172 e. The van der Waals surface area contributed by atoms with E-state index in [1.165, 1.54) is 46.9 Å². The summed E-state index contributed by atoms with van der Waals surface area (Å²) in [6, 6.07) is 67.9. The summed E-state index contributed by atoms with van der Waals surface area (Å²) in [5.74, 6) is 0. The molecule has 0 aliphatic heterocycles. The van der Waals surface area contributed by atoms with Crippen molar-refractivity contribution in [2.45, 2.75) is 0 Å². The van der Waals surface area contributed by atoms with E-state index >= 15 is 0 Å². The number of anilines is 2. The number of hydrogen-bond acceptors (Lipinski definition) is 2. The third-order valence-corrected chi connectivity index (χ3v) is 15.1. The van der Waals surface area contributed by atoms with Crippen molar-refractivity contribution in [3.8, 4) is 11.1 Å². The number of para-hydroxylation sites is 1. The van der Waals surface area contributed by atoms with Gasteiger partial charge in [-0.2, -0.15) is 0 Å². The van der Waals surface area contributed by atoms with Crippen molar-refractivity contribution in [1.29, 1.82) is 0 Å². The molecule has 0 bridgehead atoms. The second-order valence-corrected chi connectivity index (χ2v) is 17.4. The number of fused-ring (bicyclic) bond motifs is 3. The van der Waals surface area contributed by atoms with Crippen LogP contribution in [0.3, 0.4) is 0 Å². The molecular formula is C48H37NSSi. The molecule has 0 atom stereocenters. The zero-order valence-electron chi connectivity index (χ0n) is 28.3. The highest BCUT2D eigenvalue weighted by Gasteiger charge is 2.36. The first-order chi connectivity index (χ1) is 25.2. The molecule has 0 saturated heterocycles. The highest BCUT2D eigenvalue weighted by Crippen LogP contribution is 2.40. The number of nitrogens with zero attached hydrogens (tertiary/aromatic N) is 1. The van der Waals surface area contributed by atoms with E-state index in [4.69, 9.17) is 0 Å². The van der Waals surface area contributed by atoms with Gasteiger partial charge in [-0.05, 0) is 69.2 Å². The standard InChI is InChI=1S/C48H37NSSi/c1-2-39(23-18-34-51(42-24-12-5-13-25-42,43-26-14-6-15-27-43)44-28-16-7-17-29-44)49(40-21-10-4-11-22-40)41-31-33-46-45-32-30-38(37-19-8-3-9-20-37)35-47(45)50-48(46)36-41/h2-36H,1H2/b34-18+,39-23+. The van der Waals surface area contributed by atoms with Crippen molar-refractivity contribution in [3.63, 3.8) is 0 Å². The molecule has 7 aromatic carbocycles. The summed E-state index contributed by atoms with van der Waals surface area (Å²) in [5, 5.41) is 6.60. The first-order valence-corrected chi connectivity index (χ1v) is 20.2. The van der Waals surface area contributed by atoms with E-state index in [2.05, 4.69) is 217 Å². The minimum atomic E-state index is -2.56. The maximum atomic E-state index is 4.33. The molecule has 0 amide bonds. The molecule has 1 aromatic heterocycles. The normalized spacial score (nSPS) is 12.0. The van der Waals surface area contributed by atoms with Gasteiger partial charge in [-0.3, -0.25) is 0 Å². The molecule has 51 heavy (non-hydrogen) atoms. The Kier molecular flexibility index (Phi) is 9.14. The van der Waals surface area contributed by atoms with Gasteiger partial charge >= 0.3 is 0 Å². The van der Waals surface area contributed by atoms with Crippen LogP contribution in [-0.4, -0.2) is 8.07 Å². The minimum Gasteiger partial charge on any atom is -0.310 e. The monoisotopic (exact) mass is 687 g/mol. The van der Waals surface area contributed by atoms with Crippen molar-refractivity contribution < 1.29 is 0 Å². The first-order valence-electron chi connectivity index (χ1n) is 17.3. The highest BCUT2D eigenvalue weighted by molar-refractivity contribution is 7.25. The first kappa shape index (κ1) is 32.2. The van der Waals surface area contributed by atoms with Crippen molar-refractivity contribution in [2.75, 3.05) is 4.90 Å². The zero-order chi connectivity index (χ0) is 34.5. The van der Waals surface area contributed by atoms with Gasteiger partial charge in [0.15, 0.2) is 8.07 Å². The third kappa shape index (κ3) is 6.30. The molecule has 1 heterocycles. The van der Waals surface area contributed by atoms with Crippen LogP contribution in [0.2, 0.25) is 0 Å². The number of rotatable bonds is 10. The summed E-state index contributed by atoms with van der Waals surface area (Å²) in [6.07, 6.45) is 6.45. The molecule has 0 aliphatic carbocycles. The number of benzene rings is 7. The molecule has 3 heteroatoms. The van der Waals surface area contributed by atoms with Gasteiger partial charge in [-0.1, -0.05) is 176 Å². The summed E-state index contributed by atoms with van der Waals surface area (Å²) in [4.78, 5) is 2.31. The van der Waals surface area contributed by atoms with E-state index in [0.717, 1.165) is 17.1 Å². The van der Waals surface area contributed by atoms with Crippen LogP contribution >= 0.6 is 11.3 Å². The fourth-order valence-corrected chi connectivity index (χ4v) is 12.5. The van der Waals surface area contributed by atoms with Gasteiger partial charge < -0.3 is 4.90 Å². The second kappa shape index (κ2) is 14.5. The van der Waals surface area contributed by atoms with Gasteiger partial charge in [0.25, 0.3) is 0 Å². The van der Waals surface area contributed by atoms with E-state index in [0.29, 0.717) is 0 Å². The fourth-order valence-electron chi connectivity index (χ4n) is 7.16. The molecule has 244 valence electrons.